The first-order chi connectivity index (χ1) is 17.7. The molecule has 4 rings (SSSR count). The maximum atomic E-state index is 13.1. The number of amides is 3. The van der Waals surface area contributed by atoms with Crippen LogP contribution in [-0.4, -0.2) is 48.1 Å². The van der Waals surface area contributed by atoms with Gasteiger partial charge in [-0.25, -0.2) is 0 Å². The van der Waals surface area contributed by atoms with Gasteiger partial charge in [0.15, 0.2) is 0 Å². The molecule has 8 heteroatoms. The average molecular weight is 519 g/mol. The smallest absolute Gasteiger partial charge is 0.242 e. The van der Waals surface area contributed by atoms with Crippen LogP contribution in [0.15, 0.2) is 71.6 Å². The lowest BCUT2D eigenvalue weighted by Gasteiger charge is -2.25. The molecular weight excluding hydrogens is 484 g/mol. The van der Waals surface area contributed by atoms with Gasteiger partial charge in [0, 0.05) is 48.5 Å². The van der Waals surface area contributed by atoms with Gasteiger partial charge in [-0.2, -0.15) is 0 Å². The molecule has 4 N–H and O–H groups in total. The molecule has 0 bridgehead atoms. The largest absolute Gasteiger partial charge is 0.352 e. The summed E-state index contributed by atoms with van der Waals surface area (Å²) in [7, 11) is 0. The van der Waals surface area contributed by atoms with E-state index in [1.165, 1.54) is 0 Å². The van der Waals surface area contributed by atoms with Crippen molar-refractivity contribution in [2.75, 3.05) is 23.7 Å². The van der Waals surface area contributed by atoms with Crippen LogP contribution in [0.4, 0.5) is 5.69 Å². The minimum atomic E-state index is -0.765. The Morgan fingerprint density at radius 1 is 1.05 bits per heavy atom. The van der Waals surface area contributed by atoms with Crippen LogP contribution in [0.3, 0.4) is 0 Å². The Balaban J connectivity index is 1.46. The van der Waals surface area contributed by atoms with E-state index in [0.29, 0.717) is 18.6 Å². The highest BCUT2D eigenvalue weighted by molar-refractivity contribution is 7.99. The Morgan fingerprint density at radius 3 is 2.57 bits per heavy atom. The fraction of sp³-hybridized carbons (Fsp3) is 0.345. The predicted molar refractivity (Wildman–Crippen MR) is 150 cm³/mol. The van der Waals surface area contributed by atoms with Crippen molar-refractivity contribution in [3.63, 3.8) is 0 Å². The van der Waals surface area contributed by atoms with Gasteiger partial charge < -0.3 is 21.3 Å². The Labute approximate surface area is 222 Å². The summed E-state index contributed by atoms with van der Waals surface area (Å²) in [5.74, 6) is 0.146. The monoisotopic (exact) mass is 518 g/mol. The molecule has 0 saturated heterocycles. The summed E-state index contributed by atoms with van der Waals surface area (Å²) < 4.78 is 0. The lowest BCUT2D eigenvalue weighted by molar-refractivity contribution is -0.129. The quantitative estimate of drug-likeness (QED) is 0.401. The van der Waals surface area contributed by atoms with E-state index in [1.54, 1.807) is 16.7 Å². The summed E-state index contributed by atoms with van der Waals surface area (Å²) in [6, 6.07) is 21.0. The highest BCUT2D eigenvalue weighted by atomic mass is 32.2. The number of hydrogen-bond acceptors (Lipinski definition) is 5. The van der Waals surface area contributed by atoms with Crippen LogP contribution in [0, 0.1) is 0 Å². The van der Waals surface area contributed by atoms with Gasteiger partial charge in [-0.3, -0.25) is 14.4 Å². The zero-order valence-corrected chi connectivity index (χ0v) is 22.1. The highest BCUT2D eigenvalue weighted by Gasteiger charge is 2.26. The second kappa shape index (κ2) is 11.8. The van der Waals surface area contributed by atoms with Gasteiger partial charge in [0.1, 0.15) is 6.04 Å². The number of nitrogens with one attached hydrogen (secondary N) is 2. The van der Waals surface area contributed by atoms with Crippen molar-refractivity contribution < 1.29 is 14.4 Å². The topological polar surface area (TPSA) is 105 Å². The number of fused-ring (bicyclic) bond motifs is 2. The number of hydrogen-bond donors (Lipinski definition) is 3. The van der Waals surface area contributed by atoms with Crippen LogP contribution in [0.2, 0.25) is 0 Å². The fourth-order valence-corrected chi connectivity index (χ4v) is 5.29. The molecule has 3 aromatic rings. The van der Waals surface area contributed by atoms with Crippen molar-refractivity contribution in [1.82, 2.24) is 10.6 Å². The molecule has 1 heterocycles. The molecule has 3 aromatic carbocycles. The van der Waals surface area contributed by atoms with Crippen molar-refractivity contribution in [1.29, 1.82) is 0 Å². The molecule has 0 aromatic heterocycles. The minimum Gasteiger partial charge on any atom is -0.352 e. The third-order valence-electron chi connectivity index (χ3n) is 6.22. The van der Waals surface area contributed by atoms with Gasteiger partial charge in [0.25, 0.3) is 0 Å². The van der Waals surface area contributed by atoms with Crippen LogP contribution in [-0.2, 0) is 20.8 Å². The van der Waals surface area contributed by atoms with Crippen LogP contribution in [0.5, 0.6) is 0 Å². The molecule has 0 radical (unpaired) electrons. The maximum absolute atomic E-state index is 13.1. The maximum Gasteiger partial charge on any atom is 0.242 e. The normalized spacial score (nSPS) is 14.6. The summed E-state index contributed by atoms with van der Waals surface area (Å²) in [6.45, 7) is 4.20. The van der Waals surface area contributed by atoms with Crippen LogP contribution >= 0.6 is 11.8 Å². The predicted octanol–water partition coefficient (Wildman–Crippen LogP) is 3.64. The van der Waals surface area contributed by atoms with Crippen molar-refractivity contribution >= 4 is 45.9 Å². The summed E-state index contributed by atoms with van der Waals surface area (Å²) in [5, 5.41) is 7.97. The molecule has 0 fully saturated rings. The molecule has 0 saturated carbocycles. The van der Waals surface area contributed by atoms with Crippen molar-refractivity contribution in [2.24, 2.45) is 5.73 Å². The molecule has 7 nitrogen and oxygen atoms in total. The number of carbonyl (C=O) groups is 3. The van der Waals surface area contributed by atoms with Crippen molar-refractivity contribution in [3.05, 3.63) is 72.3 Å². The summed E-state index contributed by atoms with van der Waals surface area (Å²) in [4.78, 5) is 41.6. The van der Waals surface area contributed by atoms with Crippen LogP contribution < -0.4 is 21.3 Å². The standard InChI is InChI=1S/C29H34N4O3S/c1-29(2,30)19-31-28(36)23(18-20-11-12-21-7-3-4-8-22(21)17-20)32-26(34)13-15-33-24-9-5-6-10-25(24)37-16-14-27(33)35/h3-12,17,23H,13-16,18-19,30H2,1-2H3,(H,31,36)(H,32,34)/t23-/m1/s1. The molecule has 37 heavy (non-hydrogen) atoms. The Bertz CT molecular complexity index is 1290. The van der Waals surface area contributed by atoms with Gasteiger partial charge in [-0.1, -0.05) is 54.6 Å². The molecule has 1 atom stereocenters. The van der Waals surface area contributed by atoms with Gasteiger partial charge in [0.2, 0.25) is 17.7 Å². The number of benzene rings is 3. The number of nitrogens with zero attached hydrogens (tertiary/aromatic N) is 1. The van der Waals surface area contributed by atoms with Gasteiger partial charge >= 0.3 is 0 Å². The first-order valence-electron chi connectivity index (χ1n) is 12.6. The number of thioether (sulfide) groups is 1. The first-order valence-corrected chi connectivity index (χ1v) is 13.5. The van der Waals surface area contributed by atoms with Crippen molar-refractivity contribution in [2.45, 2.75) is 49.6 Å². The van der Waals surface area contributed by atoms with Crippen molar-refractivity contribution in [3.8, 4) is 0 Å². The van der Waals surface area contributed by atoms with Crippen LogP contribution in [0.25, 0.3) is 10.8 Å². The fourth-order valence-electron chi connectivity index (χ4n) is 4.29. The highest BCUT2D eigenvalue weighted by Crippen LogP contribution is 2.34. The van der Waals surface area contributed by atoms with Gasteiger partial charge in [-0.05, 0) is 42.3 Å². The van der Waals surface area contributed by atoms with Gasteiger partial charge in [0.05, 0.1) is 5.69 Å². The second-order valence-electron chi connectivity index (χ2n) is 10.1. The third kappa shape index (κ3) is 7.33. The lowest BCUT2D eigenvalue weighted by atomic mass is 10.0. The molecule has 0 unspecified atom stereocenters. The van der Waals surface area contributed by atoms with E-state index in [4.69, 9.17) is 5.73 Å². The number of nitrogens with two attached hydrogens (primary N) is 1. The zero-order valence-electron chi connectivity index (χ0n) is 21.3. The lowest BCUT2D eigenvalue weighted by Crippen LogP contribution is -2.53. The van der Waals surface area contributed by atoms with E-state index >= 15 is 0 Å². The van der Waals surface area contributed by atoms with E-state index < -0.39 is 11.6 Å². The Kier molecular flexibility index (Phi) is 8.51. The molecule has 194 valence electrons. The number of para-hydroxylation sites is 1. The van der Waals surface area contributed by atoms with Crippen LogP contribution in [0.1, 0.15) is 32.3 Å². The average Bonchev–Trinajstić information content (AvgIpc) is 3.03. The minimum absolute atomic E-state index is 0.000818. The van der Waals surface area contributed by atoms with E-state index in [2.05, 4.69) is 10.6 Å². The first kappa shape index (κ1) is 26.7. The zero-order chi connectivity index (χ0) is 26.4. The number of rotatable bonds is 9. The molecule has 3 amide bonds. The van der Waals surface area contributed by atoms with E-state index in [1.807, 2.05) is 80.6 Å². The third-order valence-corrected chi connectivity index (χ3v) is 7.28. The molecule has 1 aliphatic heterocycles. The molecule has 1 aliphatic rings. The molecule has 0 aliphatic carbocycles. The van der Waals surface area contributed by atoms with E-state index in [0.717, 1.165) is 26.9 Å². The van der Waals surface area contributed by atoms with Gasteiger partial charge in [-0.15, -0.1) is 11.8 Å². The summed E-state index contributed by atoms with van der Waals surface area (Å²) >= 11 is 1.65. The Morgan fingerprint density at radius 2 is 1.78 bits per heavy atom. The molecular formula is C29H34N4O3S. The molecule has 0 spiro atoms. The van der Waals surface area contributed by atoms with E-state index in [9.17, 15) is 14.4 Å². The number of carbonyl (C=O) groups excluding carboxylic acids is 3. The Hall–Kier alpha value is -3.36. The summed E-state index contributed by atoms with van der Waals surface area (Å²) in [5.41, 5.74) is 7.25. The SMILES string of the molecule is CC(C)(N)CNC(=O)[C@@H](Cc1ccc2ccccc2c1)NC(=O)CCN1C(=O)CCSc2ccccc21. The van der Waals surface area contributed by atoms with E-state index in [-0.39, 0.29) is 37.2 Å². The number of anilines is 1. The summed E-state index contributed by atoms with van der Waals surface area (Å²) in [6.07, 6.45) is 0.854. The second-order valence-corrected chi connectivity index (χ2v) is 11.2.